The van der Waals surface area contributed by atoms with E-state index >= 15 is 0 Å². The SMILES string of the molecule is c1ccc2cc(-c3cc4c5ccccc5c(-c5ccc(N(c6cccc7ccccc67)c6cccc7ccccc67)cc5)cc4c4ccccc34)ccc2c1. The molecule has 11 rings (SSSR count). The summed E-state index contributed by atoms with van der Waals surface area (Å²) >= 11 is 0. The van der Waals surface area contributed by atoms with Crippen LogP contribution >= 0.6 is 0 Å². The summed E-state index contributed by atoms with van der Waals surface area (Å²) in [5, 5.41) is 15.0. The fourth-order valence-electron chi connectivity index (χ4n) is 8.79. The molecule has 0 aromatic heterocycles. The molecular formula is C54H35N. The van der Waals surface area contributed by atoms with Gasteiger partial charge in [-0.05, 0) is 119 Å². The largest absolute Gasteiger partial charge is 0.309 e. The molecule has 0 amide bonds. The van der Waals surface area contributed by atoms with Gasteiger partial charge in [0.15, 0.2) is 0 Å². The van der Waals surface area contributed by atoms with Crippen molar-refractivity contribution in [1.82, 2.24) is 0 Å². The van der Waals surface area contributed by atoms with E-state index in [9.17, 15) is 0 Å². The van der Waals surface area contributed by atoms with Crippen LogP contribution in [0.2, 0.25) is 0 Å². The lowest BCUT2D eigenvalue weighted by Crippen LogP contribution is -2.11. The average Bonchev–Trinajstić information content (AvgIpc) is 3.26. The van der Waals surface area contributed by atoms with E-state index in [1.807, 2.05) is 0 Å². The molecule has 11 aromatic rings. The van der Waals surface area contributed by atoms with E-state index in [0.29, 0.717) is 0 Å². The smallest absolute Gasteiger partial charge is 0.0540 e. The minimum Gasteiger partial charge on any atom is -0.309 e. The van der Waals surface area contributed by atoms with E-state index in [2.05, 4.69) is 217 Å². The Morgan fingerprint density at radius 3 is 1.22 bits per heavy atom. The maximum Gasteiger partial charge on any atom is 0.0540 e. The zero-order chi connectivity index (χ0) is 36.3. The Morgan fingerprint density at radius 2 is 0.655 bits per heavy atom. The molecule has 0 fully saturated rings. The Bertz CT molecular complexity index is 3180. The highest BCUT2D eigenvalue weighted by Crippen LogP contribution is 2.45. The molecule has 0 aliphatic rings. The number of anilines is 3. The van der Waals surface area contributed by atoms with E-state index in [4.69, 9.17) is 0 Å². The topological polar surface area (TPSA) is 3.24 Å². The van der Waals surface area contributed by atoms with Crippen LogP contribution < -0.4 is 4.90 Å². The van der Waals surface area contributed by atoms with Crippen molar-refractivity contribution in [2.75, 3.05) is 4.90 Å². The van der Waals surface area contributed by atoms with Crippen LogP contribution in [0, 0.1) is 0 Å². The number of nitrogens with zero attached hydrogens (tertiary/aromatic N) is 1. The molecule has 0 unspecified atom stereocenters. The molecule has 0 aliphatic heterocycles. The molecule has 55 heavy (non-hydrogen) atoms. The van der Waals surface area contributed by atoms with Crippen molar-refractivity contribution in [2.45, 2.75) is 0 Å². The molecule has 1 nitrogen and oxygen atoms in total. The molecule has 0 saturated heterocycles. The van der Waals surface area contributed by atoms with Gasteiger partial charge in [0, 0.05) is 16.5 Å². The fourth-order valence-corrected chi connectivity index (χ4v) is 8.79. The fraction of sp³-hybridized carbons (Fsp3) is 0. The molecule has 1 heteroatoms. The van der Waals surface area contributed by atoms with E-state index < -0.39 is 0 Å². The van der Waals surface area contributed by atoms with Gasteiger partial charge in [0.25, 0.3) is 0 Å². The van der Waals surface area contributed by atoms with Gasteiger partial charge in [-0.3, -0.25) is 0 Å². The van der Waals surface area contributed by atoms with Crippen LogP contribution in [0.3, 0.4) is 0 Å². The molecule has 0 atom stereocenters. The predicted molar refractivity (Wildman–Crippen MR) is 237 cm³/mol. The number of benzene rings is 11. The summed E-state index contributed by atoms with van der Waals surface area (Å²) in [6, 6.07) is 77.9. The Hall–Kier alpha value is -7.22. The third-order valence-electron chi connectivity index (χ3n) is 11.4. The van der Waals surface area contributed by atoms with E-state index in [1.165, 1.54) is 86.9 Å². The van der Waals surface area contributed by atoms with Crippen molar-refractivity contribution in [1.29, 1.82) is 0 Å². The molecule has 11 aromatic carbocycles. The number of fused-ring (bicyclic) bond motifs is 8. The monoisotopic (exact) mass is 697 g/mol. The second-order valence-electron chi connectivity index (χ2n) is 14.5. The summed E-state index contributed by atoms with van der Waals surface area (Å²) in [6.07, 6.45) is 0. The molecule has 0 aliphatic carbocycles. The van der Waals surface area contributed by atoms with Gasteiger partial charge in [-0.1, -0.05) is 170 Å². The van der Waals surface area contributed by atoms with Gasteiger partial charge in [0.1, 0.15) is 0 Å². The highest BCUT2D eigenvalue weighted by molar-refractivity contribution is 6.24. The van der Waals surface area contributed by atoms with Crippen LogP contribution in [0.25, 0.3) is 86.9 Å². The number of hydrogen-bond acceptors (Lipinski definition) is 1. The molecule has 0 N–H and O–H groups in total. The lowest BCUT2D eigenvalue weighted by Gasteiger charge is -2.28. The molecule has 0 saturated carbocycles. The van der Waals surface area contributed by atoms with Crippen molar-refractivity contribution in [3.8, 4) is 22.3 Å². The summed E-state index contributed by atoms with van der Waals surface area (Å²) in [7, 11) is 0. The maximum absolute atomic E-state index is 2.43. The second kappa shape index (κ2) is 12.7. The number of hydrogen-bond donors (Lipinski definition) is 0. The van der Waals surface area contributed by atoms with E-state index in [0.717, 1.165) is 17.1 Å². The van der Waals surface area contributed by atoms with Gasteiger partial charge in [0.2, 0.25) is 0 Å². The Labute approximate surface area is 320 Å². The van der Waals surface area contributed by atoms with Gasteiger partial charge < -0.3 is 4.90 Å². The minimum absolute atomic E-state index is 1.12. The first-order valence-corrected chi connectivity index (χ1v) is 19.0. The molecule has 0 bridgehead atoms. The van der Waals surface area contributed by atoms with E-state index in [1.54, 1.807) is 0 Å². The summed E-state index contributed by atoms with van der Waals surface area (Å²) in [4.78, 5) is 2.43. The molecule has 0 radical (unpaired) electrons. The van der Waals surface area contributed by atoms with Crippen LogP contribution in [0.4, 0.5) is 17.1 Å². The first-order chi connectivity index (χ1) is 27.3. The van der Waals surface area contributed by atoms with Crippen LogP contribution in [-0.4, -0.2) is 0 Å². The molecule has 0 heterocycles. The summed E-state index contributed by atoms with van der Waals surface area (Å²) in [5.74, 6) is 0. The Morgan fingerprint density at radius 1 is 0.236 bits per heavy atom. The van der Waals surface area contributed by atoms with Crippen LogP contribution in [0.15, 0.2) is 212 Å². The van der Waals surface area contributed by atoms with Crippen molar-refractivity contribution in [3.63, 3.8) is 0 Å². The van der Waals surface area contributed by atoms with Crippen molar-refractivity contribution in [2.24, 2.45) is 0 Å². The predicted octanol–water partition coefficient (Wildman–Crippen LogP) is 15.4. The van der Waals surface area contributed by atoms with Crippen molar-refractivity contribution in [3.05, 3.63) is 212 Å². The van der Waals surface area contributed by atoms with Gasteiger partial charge in [-0.25, -0.2) is 0 Å². The lowest BCUT2D eigenvalue weighted by molar-refractivity contribution is 1.31. The summed E-state index contributed by atoms with van der Waals surface area (Å²) in [6.45, 7) is 0. The summed E-state index contributed by atoms with van der Waals surface area (Å²) in [5.41, 5.74) is 8.37. The first-order valence-electron chi connectivity index (χ1n) is 19.0. The van der Waals surface area contributed by atoms with Gasteiger partial charge in [0.05, 0.1) is 11.4 Å². The van der Waals surface area contributed by atoms with Crippen molar-refractivity contribution < 1.29 is 0 Å². The number of rotatable bonds is 5. The Balaban J connectivity index is 1.11. The molecule has 0 spiro atoms. The summed E-state index contributed by atoms with van der Waals surface area (Å²) < 4.78 is 0. The van der Waals surface area contributed by atoms with Crippen LogP contribution in [0.1, 0.15) is 0 Å². The quantitative estimate of drug-likeness (QED) is 0.162. The maximum atomic E-state index is 2.43. The second-order valence-corrected chi connectivity index (χ2v) is 14.5. The van der Waals surface area contributed by atoms with Crippen LogP contribution in [-0.2, 0) is 0 Å². The minimum atomic E-state index is 1.12. The molecule has 256 valence electrons. The van der Waals surface area contributed by atoms with Gasteiger partial charge in [-0.2, -0.15) is 0 Å². The standard InChI is InChI=1S/C54H35N/c1-2-16-40-33-41(28-27-36(40)13-1)50-35-52-47-23-9-7-21-45(47)49(34-51(52)48-24-10-8-22-46(48)50)39-29-31-42(32-30-39)55(53-25-11-17-37-14-3-5-19-43(37)53)54-26-12-18-38-15-4-6-20-44(38)54/h1-35H. The first kappa shape index (κ1) is 31.3. The van der Waals surface area contributed by atoms with Crippen LogP contribution in [0.5, 0.6) is 0 Å². The molecular weight excluding hydrogens is 663 g/mol. The van der Waals surface area contributed by atoms with Gasteiger partial charge in [-0.15, -0.1) is 0 Å². The third kappa shape index (κ3) is 5.16. The van der Waals surface area contributed by atoms with Crippen molar-refractivity contribution >= 4 is 81.7 Å². The zero-order valence-electron chi connectivity index (χ0n) is 30.2. The zero-order valence-corrected chi connectivity index (χ0v) is 30.2. The average molecular weight is 698 g/mol. The normalized spacial score (nSPS) is 11.6. The lowest BCUT2D eigenvalue weighted by atomic mass is 9.87. The van der Waals surface area contributed by atoms with Gasteiger partial charge >= 0.3 is 0 Å². The van der Waals surface area contributed by atoms with E-state index in [-0.39, 0.29) is 0 Å². The highest BCUT2D eigenvalue weighted by Gasteiger charge is 2.19. The third-order valence-corrected chi connectivity index (χ3v) is 11.4. The highest BCUT2D eigenvalue weighted by atomic mass is 15.1. The Kier molecular flexibility index (Phi) is 7.25.